The van der Waals surface area contributed by atoms with Crippen LogP contribution in [0.25, 0.3) is 0 Å². The predicted molar refractivity (Wildman–Crippen MR) is 76.5 cm³/mol. The van der Waals surface area contributed by atoms with Gasteiger partial charge < -0.3 is 9.47 Å². The van der Waals surface area contributed by atoms with E-state index in [1.165, 1.54) is 17.1 Å². The number of hydrogen-bond acceptors (Lipinski definition) is 5. The summed E-state index contributed by atoms with van der Waals surface area (Å²) in [6, 6.07) is 3.20. The Morgan fingerprint density at radius 2 is 1.95 bits per heavy atom. The molecule has 0 unspecified atom stereocenters. The van der Waals surface area contributed by atoms with Gasteiger partial charge in [-0.3, -0.25) is 4.68 Å². The molecule has 1 aromatic heterocycles. The molecule has 1 aliphatic heterocycles. The Hall–Kier alpha value is -1.73. The Morgan fingerprint density at radius 1 is 1.29 bits per heavy atom. The minimum atomic E-state index is -3.51. The fourth-order valence-corrected chi connectivity index (χ4v) is 3.70. The van der Waals surface area contributed by atoms with Gasteiger partial charge in [-0.15, -0.1) is 0 Å². The first kappa shape index (κ1) is 14.2. The van der Waals surface area contributed by atoms with E-state index in [4.69, 9.17) is 21.1 Å². The molecular weight excluding hydrogens is 316 g/mol. The summed E-state index contributed by atoms with van der Waals surface area (Å²) in [6.45, 7) is 0.889. The number of hydrogen-bond donors (Lipinski definition) is 0. The second-order valence-electron chi connectivity index (χ2n) is 4.70. The Kier molecular flexibility index (Phi) is 3.54. The Labute approximate surface area is 127 Å². The van der Waals surface area contributed by atoms with Crippen molar-refractivity contribution in [1.29, 1.82) is 0 Å². The predicted octanol–water partition coefficient (Wildman–Crippen LogP) is 1.82. The van der Waals surface area contributed by atoms with Crippen LogP contribution in [0.5, 0.6) is 11.5 Å². The molecule has 3 rings (SSSR count). The van der Waals surface area contributed by atoms with Gasteiger partial charge in [-0.25, -0.2) is 8.42 Å². The minimum Gasteiger partial charge on any atom is -0.486 e. The molecule has 0 N–H and O–H groups in total. The van der Waals surface area contributed by atoms with Gasteiger partial charge >= 0.3 is 0 Å². The van der Waals surface area contributed by atoms with Crippen LogP contribution in [0, 0.1) is 0 Å². The van der Waals surface area contributed by atoms with Crippen molar-refractivity contribution >= 4 is 21.4 Å². The van der Waals surface area contributed by atoms with Gasteiger partial charge in [0.2, 0.25) is 0 Å². The molecule has 6 nitrogen and oxygen atoms in total. The van der Waals surface area contributed by atoms with Gasteiger partial charge in [-0.05, 0) is 11.6 Å². The van der Waals surface area contributed by atoms with Gasteiger partial charge in [0.05, 0.1) is 11.9 Å². The lowest BCUT2D eigenvalue weighted by Gasteiger charge is -2.19. The number of aryl methyl sites for hydroxylation is 1. The van der Waals surface area contributed by atoms with E-state index >= 15 is 0 Å². The first-order chi connectivity index (χ1) is 9.95. The number of benzene rings is 1. The molecule has 0 atom stereocenters. The Morgan fingerprint density at radius 3 is 2.57 bits per heavy atom. The van der Waals surface area contributed by atoms with Crippen LogP contribution in [-0.4, -0.2) is 31.4 Å². The maximum absolute atomic E-state index is 12.4. The molecule has 0 saturated heterocycles. The molecular formula is C13H13ClN2O4S. The number of aromatic nitrogens is 2. The molecule has 2 aromatic rings. The quantitative estimate of drug-likeness (QED) is 0.859. The first-order valence-corrected chi connectivity index (χ1v) is 8.28. The number of rotatable bonds is 3. The van der Waals surface area contributed by atoms with Crippen LogP contribution in [0.2, 0.25) is 5.02 Å². The summed E-state index contributed by atoms with van der Waals surface area (Å²) in [7, 11) is -1.84. The summed E-state index contributed by atoms with van der Waals surface area (Å²) >= 11 is 6.14. The highest BCUT2D eigenvalue weighted by Crippen LogP contribution is 2.36. The average Bonchev–Trinajstić information content (AvgIpc) is 2.87. The third-order valence-corrected chi connectivity index (χ3v) is 5.07. The van der Waals surface area contributed by atoms with Gasteiger partial charge in [0, 0.05) is 24.3 Å². The zero-order chi connectivity index (χ0) is 15.0. The lowest BCUT2D eigenvalue weighted by molar-refractivity contribution is 0.171. The lowest BCUT2D eigenvalue weighted by Crippen LogP contribution is -2.16. The minimum absolute atomic E-state index is 0.163. The molecule has 8 heteroatoms. The van der Waals surface area contributed by atoms with Crippen LogP contribution in [0.4, 0.5) is 0 Å². The topological polar surface area (TPSA) is 70.4 Å². The Balaban J connectivity index is 1.94. The number of fused-ring (bicyclic) bond motifs is 1. The SMILES string of the molecule is Cn1cc(S(=O)(=O)Cc2cc3c(cc2Cl)OCCO3)cn1. The highest BCUT2D eigenvalue weighted by molar-refractivity contribution is 7.90. The summed E-state index contributed by atoms with van der Waals surface area (Å²) in [5.74, 6) is 0.838. The molecule has 112 valence electrons. The standard InChI is InChI=1S/C13H13ClN2O4S/c1-16-7-10(6-15-16)21(17,18)8-9-4-12-13(5-11(9)14)20-3-2-19-12/h4-7H,2-3,8H2,1H3. The molecule has 0 radical (unpaired) electrons. The normalized spacial score (nSPS) is 14.2. The largest absolute Gasteiger partial charge is 0.486 e. The van der Waals surface area contributed by atoms with Crippen molar-refractivity contribution in [2.45, 2.75) is 10.6 Å². The van der Waals surface area contributed by atoms with E-state index in [0.29, 0.717) is 35.3 Å². The highest BCUT2D eigenvalue weighted by atomic mass is 35.5. The molecule has 0 saturated carbocycles. The average molecular weight is 329 g/mol. The van der Waals surface area contributed by atoms with Crippen molar-refractivity contribution < 1.29 is 17.9 Å². The van der Waals surface area contributed by atoms with Crippen molar-refractivity contribution in [3.8, 4) is 11.5 Å². The molecule has 21 heavy (non-hydrogen) atoms. The van der Waals surface area contributed by atoms with E-state index in [2.05, 4.69) is 5.10 Å². The van der Waals surface area contributed by atoms with Crippen LogP contribution in [0.3, 0.4) is 0 Å². The number of sulfone groups is 1. The van der Waals surface area contributed by atoms with Crippen molar-refractivity contribution in [2.24, 2.45) is 7.05 Å². The van der Waals surface area contributed by atoms with Gasteiger partial charge in [-0.2, -0.15) is 5.10 Å². The van der Waals surface area contributed by atoms with E-state index in [0.717, 1.165) is 0 Å². The molecule has 1 aromatic carbocycles. The van der Waals surface area contributed by atoms with Gasteiger partial charge in [0.25, 0.3) is 0 Å². The zero-order valence-corrected chi connectivity index (χ0v) is 12.8. The molecule has 0 aliphatic carbocycles. The Bertz CT molecular complexity index is 785. The summed E-state index contributed by atoms with van der Waals surface area (Å²) in [6.07, 6.45) is 2.78. The second kappa shape index (κ2) is 5.23. The number of nitrogens with zero attached hydrogens (tertiary/aromatic N) is 2. The third kappa shape index (κ3) is 2.84. The fraction of sp³-hybridized carbons (Fsp3) is 0.308. The van der Waals surface area contributed by atoms with Crippen molar-refractivity contribution in [3.63, 3.8) is 0 Å². The van der Waals surface area contributed by atoms with Gasteiger partial charge in [0.15, 0.2) is 21.3 Å². The molecule has 0 amide bonds. The van der Waals surface area contributed by atoms with E-state index in [-0.39, 0.29) is 10.6 Å². The third-order valence-electron chi connectivity index (χ3n) is 3.10. The zero-order valence-electron chi connectivity index (χ0n) is 11.2. The van der Waals surface area contributed by atoms with Crippen LogP contribution in [0.1, 0.15) is 5.56 Å². The molecule has 0 spiro atoms. The summed E-state index contributed by atoms with van der Waals surface area (Å²) in [5.41, 5.74) is 0.477. The van der Waals surface area contributed by atoms with E-state index < -0.39 is 9.84 Å². The fourth-order valence-electron chi connectivity index (χ4n) is 2.06. The molecule has 0 bridgehead atoms. The van der Waals surface area contributed by atoms with E-state index in [1.807, 2.05) is 0 Å². The second-order valence-corrected chi connectivity index (χ2v) is 7.09. The van der Waals surface area contributed by atoms with Gasteiger partial charge in [-0.1, -0.05) is 11.6 Å². The van der Waals surface area contributed by atoms with Crippen LogP contribution < -0.4 is 9.47 Å². The molecule has 2 heterocycles. The maximum atomic E-state index is 12.4. The molecule has 0 fully saturated rings. The van der Waals surface area contributed by atoms with Crippen molar-refractivity contribution in [1.82, 2.24) is 9.78 Å². The van der Waals surface area contributed by atoms with Gasteiger partial charge in [0.1, 0.15) is 18.1 Å². The summed E-state index contributed by atoms with van der Waals surface area (Å²) < 4.78 is 37.0. The number of ether oxygens (including phenoxy) is 2. The first-order valence-electron chi connectivity index (χ1n) is 6.25. The van der Waals surface area contributed by atoms with Crippen molar-refractivity contribution in [3.05, 3.63) is 35.1 Å². The van der Waals surface area contributed by atoms with Crippen LogP contribution >= 0.6 is 11.6 Å². The maximum Gasteiger partial charge on any atom is 0.185 e. The summed E-state index contributed by atoms with van der Waals surface area (Å²) in [5, 5.41) is 4.22. The van der Waals surface area contributed by atoms with E-state index in [1.54, 1.807) is 19.2 Å². The van der Waals surface area contributed by atoms with E-state index in [9.17, 15) is 8.42 Å². The number of halogens is 1. The van der Waals surface area contributed by atoms with Crippen LogP contribution in [-0.2, 0) is 22.6 Å². The van der Waals surface area contributed by atoms with Crippen molar-refractivity contribution in [2.75, 3.05) is 13.2 Å². The van der Waals surface area contributed by atoms with Crippen LogP contribution in [0.15, 0.2) is 29.4 Å². The monoisotopic (exact) mass is 328 g/mol. The summed E-state index contributed by atoms with van der Waals surface area (Å²) in [4.78, 5) is 0.163. The lowest BCUT2D eigenvalue weighted by atomic mass is 10.2. The molecule has 1 aliphatic rings. The smallest absolute Gasteiger partial charge is 0.185 e. The highest BCUT2D eigenvalue weighted by Gasteiger charge is 2.22.